The molecule has 6 heteroatoms. The number of aromatic nitrogens is 1. The maximum atomic E-state index is 14.1. The summed E-state index contributed by atoms with van der Waals surface area (Å²) < 4.78 is 7.46. The number of amides is 2. The quantitative estimate of drug-likeness (QED) is 0.336. The molecule has 3 aromatic carbocycles. The average molecular weight is 510 g/mol. The van der Waals surface area contributed by atoms with Crippen LogP contribution in [0.2, 0.25) is 0 Å². The normalized spacial score (nSPS) is 17.9. The lowest BCUT2D eigenvalue weighted by Crippen LogP contribution is -2.49. The fourth-order valence-corrected chi connectivity index (χ4v) is 5.70. The van der Waals surface area contributed by atoms with Gasteiger partial charge in [0, 0.05) is 55.0 Å². The highest BCUT2D eigenvalue weighted by atomic mass is 16.5. The predicted octanol–water partition coefficient (Wildman–Crippen LogP) is 5.24. The van der Waals surface area contributed by atoms with Gasteiger partial charge < -0.3 is 19.5 Å². The monoisotopic (exact) mass is 509 g/mol. The summed E-state index contributed by atoms with van der Waals surface area (Å²) in [5.41, 5.74) is 4.64. The number of benzene rings is 3. The van der Waals surface area contributed by atoms with Crippen molar-refractivity contribution in [2.45, 2.75) is 37.8 Å². The van der Waals surface area contributed by atoms with Crippen LogP contribution >= 0.6 is 0 Å². The van der Waals surface area contributed by atoms with Crippen molar-refractivity contribution in [3.8, 4) is 0 Å². The van der Waals surface area contributed by atoms with Crippen LogP contribution in [0.3, 0.4) is 0 Å². The molecule has 4 aromatic rings. The van der Waals surface area contributed by atoms with Crippen molar-refractivity contribution in [1.82, 2.24) is 14.8 Å². The molecule has 0 aliphatic carbocycles. The van der Waals surface area contributed by atoms with E-state index in [0.29, 0.717) is 18.7 Å². The highest BCUT2D eigenvalue weighted by Gasteiger charge is 2.45. The summed E-state index contributed by atoms with van der Waals surface area (Å²) in [4.78, 5) is 29.8. The van der Waals surface area contributed by atoms with Gasteiger partial charge in [0.25, 0.3) is 5.91 Å². The second-order valence-corrected chi connectivity index (χ2v) is 10.1. The van der Waals surface area contributed by atoms with Crippen LogP contribution in [0.25, 0.3) is 10.9 Å². The molecule has 3 unspecified atom stereocenters. The molecule has 2 amide bonds. The Kier molecular flexibility index (Phi) is 7.61. The number of ether oxygens (including phenoxy) is 1. The summed E-state index contributed by atoms with van der Waals surface area (Å²) in [5, 5.41) is 4.34. The summed E-state index contributed by atoms with van der Waals surface area (Å²) >= 11 is 0. The van der Waals surface area contributed by atoms with Gasteiger partial charge in [-0.1, -0.05) is 66.7 Å². The van der Waals surface area contributed by atoms with Crippen LogP contribution in [0.4, 0.5) is 0 Å². The first-order chi connectivity index (χ1) is 18.5. The topological polar surface area (TPSA) is 63.6 Å². The van der Waals surface area contributed by atoms with Gasteiger partial charge in [-0.2, -0.15) is 0 Å². The number of aryl methyl sites for hydroxylation is 2. The van der Waals surface area contributed by atoms with Crippen molar-refractivity contribution in [3.05, 3.63) is 107 Å². The summed E-state index contributed by atoms with van der Waals surface area (Å²) in [7, 11) is 3.64. The third kappa shape index (κ3) is 4.96. The zero-order chi connectivity index (χ0) is 26.6. The lowest BCUT2D eigenvalue weighted by atomic mass is 9.79. The molecule has 6 nitrogen and oxygen atoms in total. The fraction of sp³-hybridized carbons (Fsp3) is 0.312. The van der Waals surface area contributed by atoms with Crippen LogP contribution in [-0.4, -0.2) is 47.6 Å². The van der Waals surface area contributed by atoms with Crippen molar-refractivity contribution in [2.75, 3.05) is 20.3 Å². The van der Waals surface area contributed by atoms with E-state index in [9.17, 15) is 9.59 Å². The molecule has 196 valence electrons. The highest BCUT2D eigenvalue weighted by Crippen LogP contribution is 2.45. The lowest BCUT2D eigenvalue weighted by Gasteiger charge is -2.42. The van der Waals surface area contributed by atoms with Crippen LogP contribution in [0, 0.1) is 0 Å². The number of nitrogens with one attached hydrogen (secondary N) is 1. The number of para-hydroxylation sites is 1. The van der Waals surface area contributed by atoms with Crippen LogP contribution in [-0.2, 0) is 23.0 Å². The first-order valence-corrected chi connectivity index (χ1v) is 13.3. The molecule has 0 bridgehead atoms. The molecular weight excluding hydrogens is 474 g/mol. The molecule has 0 fully saturated rings. The zero-order valence-corrected chi connectivity index (χ0v) is 22.3. The molecular formula is C32H35N3O3. The summed E-state index contributed by atoms with van der Waals surface area (Å²) in [6.45, 7) is 2.83. The molecule has 1 aliphatic rings. The van der Waals surface area contributed by atoms with E-state index >= 15 is 0 Å². The smallest absolute Gasteiger partial charge is 0.254 e. The Morgan fingerprint density at radius 2 is 1.68 bits per heavy atom. The van der Waals surface area contributed by atoms with Gasteiger partial charge in [0.05, 0.1) is 18.6 Å². The summed E-state index contributed by atoms with van der Waals surface area (Å²) in [6, 6.07) is 25.5. The van der Waals surface area contributed by atoms with E-state index < -0.39 is 12.0 Å². The third-order valence-corrected chi connectivity index (χ3v) is 7.60. The second kappa shape index (κ2) is 11.2. The number of carbonyl (C=O) groups is 2. The second-order valence-electron chi connectivity index (χ2n) is 10.1. The Labute approximate surface area is 224 Å². The SMILES string of the molecule is COCCN1C(=O)c2ccccc2C(C(=O)NC(C)CCc2ccccc2)C1c1cn(C)c2ccccc12. The number of hydrogen-bond donors (Lipinski definition) is 1. The Hall–Kier alpha value is -3.90. The highest BCUT2D eigenvalue weighted by molar-refractivity contribution is 6.02. The van der Waals surface area contributed by atoms with Crippen molar-refractivity contribution in [2.24, 2.45) is 7.05 Å². The van der Waals surface area contributed by atoms with E-state index in [4.69, 9.17) is 4.74 Å². The van der Waals surface area contributed by atoms with Crippen LogP contribution in [0.15, 0.2) is 85.1 Å². The van der Waals surface area contributed by atoms with E-state index in [0.717, 1.165) is 34.9 Å². The Balaban J connectivity index is 1.54. The van der Waals surface area contributed by atoms with E-state index in [2.05, 4.69) is 47.3 Å². The zero-order valence-electron chi connectivity index (χ0n) is 22.3. The standard InChI is InChI=1S/C32H35N3O3/c1-22(17-18-23-11-5-4-6-12-23)33-31(36)29-25-14-7-8-15-26(25)32(37)35(19-20-38-3)30(29)27-21-34(2)28-16-10-9-13-24(27)28/h4-16,21-22,29-30H,17-20H2,1-3H3,(H,33,36). The number of methoxy groups -OCH3 is 1. The maximum Gasteiger partial charge on any atom is 0.254 e. The molecule has 38 heavy (non-hydrogen) atoms. The van der Waals surface area contributed by atoms with Gasteiger partial charge in [-0.25, -0.2) is 0 Å². The third-order valence-electron chi connectivity index (χ3n) is 7.60. The van der Waals surface area contributed by atoms with E-state index in [1.165, 1.54) is 5.56 Å². The van der Waals surface area contributed by atoms with Crippen molar-refractivity contribution < 1.29 is 14.3 Å². The van der Waals surface area contributed by atoms with Gasteiger partial charge in [0.2, 0.25) is 5.91 Å². The summed E-state index contributed by atoms with van der Waals surface area (Å²) in [5.74, 6) is -0.687. The molecule has 1 aromatic heterocycles. The van der Waals surface area contributed by atoms with Crippen LogP contribution in [0.5, 0.6) is 0 Å². The van der Waals surface area contributed by atoms with Crippen LogP contribution < -0.4 is 5.32 Å². The number of carbonyl (C=O) groups excluding carboxylic acids is 2. The molecule has 0 radical (unpaired) electrons. The molecule has 0 saturated heterocycles. The number of nitrogens with zero attached hydrogens (tertiary/aromatic N) is 2. The number of fused-ring (bicyclic) bond motifs is 2. The van der Waals surface area contributed by atoms with E-state index in [-0.39, 0.29) is 17.9 Å². The fourth-order valence-electron chi connectivity index (χ4n) is 5.70. The molecule has 0 saturated carbocycles. The minimum Gasteiger partial charge on any atom is -0.383 e. The maximum absolute atomic E-state index is 14.1. The van der Waals surface area contributed by atoms with Gasteiger partial charge in [-0.05, 0) is 43.0 Å². The minimum atomic E-state index is -0.550. The number of hydrogen-bond acceptors (Lipinski definition) is 3. The van der Waals surface area contributed by atoms with Gasteiger partial charge >= 0.3 is 0 Å². The molecule has 5 rings (SSSR count). The number of rotatable bonds is 9. The lowest BCUT2D eigenvalue weighted by molar-refractivity contribution is -0.125. The minimum absolute atomic E-state index is 0.0203. The van der Waals surface area contributed by atoms with E-state index in [1.54, 1.807) is 7.11 Å². The van der Waals surface area contributed by atoms with Gasteiger partial charge in [-0.15, -0.1) is 0 Å². The van der Waals surface area contributed by atoms with E-state index in [1.807, 2.05) is 66.5 Å². The molecule has 3 atom stereocenters. The Morgan fingerprint density at radius 1 is 0.974 bits per heavy atom. The van der Waals surface area contributed by atoms with Gasteiger partial charge in [0.1, 0.15) is 0 Å². The van der Waals surface area contributed by atoms with Crippen molar-refractivity contribution >= 4 is 22.7 Å². The molecule has 2 heterocycles. The molecule has 1 N–H and O–H groups in total. The average Bonchev–Trinajstić information content (AvgIpc) is 3.27. The molecule has 0 spiro atoms. The summed E-state index contributed by atoms with van der Waals surface area (Å²) in [6.07, 6.45) is 3.78. The van der Waals surface area contributed by atoms with Gasteiger partial charge in [0.15, 0.2) is 0 Å². The largest absolute Gasteiger partial charge is 0.383 e. The predicted molar refractivity (Wildman–Crippen MR) is 150 cm³/mol. The Bertz CT molecular complexity index is 1430. The first kappa shape index (κ1) is 25.7. The molecule has 1 aliphatic heterocycles. The Morgan fingerprint density at radius 3 is 2.47 bits per heavy atom. The van der Waals surface area contributed by atoms with Crippen LogP contribution in [0.1, 0.15) is 52.4 Å². The van der Waals surface area contributed by atoms with Crippen molar-refractivity contribution in [3.63, 3.8) is 0 Å². The van der Waals surface area contributed by atoms with Crippen molar-refractivity contribution in [1.29, 1.82) is 0 Å². The first-order valence-electron chi connectivity index (χ1n) is 13.3. The van der Waals surface area contributed by atoms with Gasteiger partial charge in [-0.3, -0.25) is 9.59 Å².